The number of benzene rings is 2. The zero-order valence-corrected chi connectivity index (χ0v) is 19.3. The van der Waals surface area contributed by atoms with Crippen LogP contribution in [0.2, 0.25) is 0 Å². The van der Waals surface area contributed by atoms with Gasteiger partial charge in [0, 0.05) is 30.2 Å². The van der Waals surface area contributed by atoms with Crippen LogP contribution in [0, 0.1) is 0 Å². The number of methoxy groups -OCH3 is 1. The van der Waals surface area contributed by atoms with Crippen molar-refractivity contribution in [1.82, 2.24) is 19.7 Å². The molecule has 0 aliphatic rings. The molecule has 30 heavy (non-hydrogen) atoms. The van der Waals surface area contributed by atoms with Gasteiger partial charge in [0.1, 0.15) is 5.75 Å². The molecule has 0 radical (unpaired) electrons. The van der Waals surface area contributed by atoms with Crippen LogP contribution in [-0.2, 0) is 17.9 Å². The molecule has 0 bridgehead atoms. The summed E-state index contributed by atoms with van der Waals surface area (Å²) >= 11 is 4.80. The lowest BCUT2D eigenvalue weighted by Crippen LogP contribution is -2.27. The summed E-state index contributed by atoms with van der Waals surface area (Å²) < 4.78 is 8.19. The van der Waals surface area contributed by atoms with Gasteiger partial charge in [-0.1, -0.05) is 45.9 Å². The highest BCUT2D eigenvalue weighted by molar-refractivity contribution is 9.10. The molecular weight excluding hydrogens is 464 g/mol. The van der Waals surface area contributed by atoms with E-state index in [4.69, 9.17) is 4.74 Å². The molecule has 2 aromatic carbocycles. The minimum absolute atomic E-state index is 0.0297. The molecule has 0 aliphatic carbocycles. The molecule has 8 heteroatoms. The number of carbonyl (C=O) groups excluding carboxylic acids is 1. The van der Waals surface area contributed by atoms with Crippen LogP contribution in [0.25, 0.3) is 11.4 Å². The topological polar surface area (TPSA) is 60.2 Å². The quantitative estimate of drug-likeness (QED) is 0.325. The number of halogens is 1. The molecular formula is C22H23BrN4O2S. The molecule has 0 atom stereocenters. The lowest BCUT2D eigenvalue weighted by atomic mass is 10.2. The number of ether oxygens (including phenoxy) is 1. The van der Waals surface area contributed by atoms with Crippen LogP contribution in [0.15, 0.2) is 70.8 Å². The fourth-order valence-corrected chi connectivity index (χ4v) is 3.98. The van der Waals surface area contributed by atoms with Gasteiger partial charge >= 0.3 is 0 Å². The third-order valence-electron chi connectivity index (χ3n) is 4.46. The van der Waals surface area contributed by atoms with E-state index in [1.165, 1.54) is 11.8 Å². The number of amides is 1. The number of allylic oxidation sites excluding steroid dienone is 1. The molecule has 3 aromatic rings. The summed E-state index contributed by atoms with van der Waals surface area (Å²) in [5, 5.41) is 9.32. The second-order valence-corrected chi connectivity index (χ2v) is 8.46. The third-order valence-corrected chi connectivity index (χ3v) is 5.94. The van der Waals surface area contributed by atoms with Crippen molar-refractivity contribution in [3.8, 4) is 17.1 Å². The Morgan fingerprint density at radius 3 is 2.53 bits per heavy atom. The van der Waals surface area contributed by atoms with Crippen molar-refractivity contribution in [2.45, 2.75) is 18.2 Å². The number of aromatic nitrogens is 3. The fourth-order valence-electron chi connectivity index (χ4n) is 2.83. The first-order valence-electron chi connectivity index (χ1n) is 9.31. The van der Waals surface area contributed by atoms with Gasteiger partial charge in [0.25, 0.3) is 0 Å². The molecule has 3 rings (SSSR count). The van der Waals surface area contributed by atoms with Crippen LogP contribution in [0.4, 0.5) is 0 Å². The summed E-state index contributed by atoms with van der Waals surface area (Å²) in [7, 11) is 3.44. The first-order chi connectivity index (χ1) is 14.5. The minimum atomic E-state index is 0.0297. The van der Waals surface area contributed by atoms with E-state index in [1.54, 1.807) is 18.1 Å². The van der Waals surface area contributed by atoms with Crippen LogP contribution < -0.4 is 4.74 Å². The largest absolute Gasteiger partial charge is 0.497 e. The molecule has 0 N–H and O–H groups in total. The Morgan fingerprint density at radius 1 is 1.20 bits per heavy atom. The van der Waals surface area contributed by atoms with E-state index in [0.29, 0.717) is 18.2 Å². The maximum Gasteiger partial charge on any atom is 0.233 e. The monoisotopic (exact) mass is 486 g/mol. The Kier molecular flexibility index (Phi) is 7.70. The molecule has 0 saturated carbocycles. The van der Waals surface area contributed by atoms with Gasteiger partial charge in [0.2, 0.25) is 5.91 Å². The van der Waals surface area contributed by atoms with Gasteiger partial charge in [-0.25, -0.2) is 0 Å². The molecule has 1 aromatic heterocycles. The maximum absolute atomic E-state index is 12.6. The van der Waals surface area contributed by atoms with E-state index in [1.807, 2.05) is 60.1 Å². The number of nitrogens with zero attached hydrogens (tertiary/aromatic N) is 4. The number of rotatable bonds is 9. The Morgan fingerprint density at radius 2 is 1.90 bits per heavy atom. The summed E-state index contributed by atoms with van der Waals surface area (Å²) in [5.74, 6) is 1.82. The van der Waals surface area contributed by atoms with Crippen molar-refractivity contribution >= 4 is 33.6 Å². The van der Waals surface area contributed by atoms with Crippen molar-refractivity contribution < 1.29 is 9.53 Å². The maximum atomic E-state index is 12.6. The first-order valence-corrected chi connectivity index (χ1v) is 11.1. The Balaban J connectivity index is 1.68. The summed E-state index contributed by atoms with van der Waals surface area (Å²) in [5.41, 5.74) is 2.01. The van der Waals surface area contributed by atoms with E-state index in [9.17, 15) is 4.79 Å². The zero-order chi connectivity index (χ0) is 21.5. The molecule has 156 valence electrons. The van der Waals surface area contributed by atoms with Gasteiger partial charge in [0.15, 0.2) is 11.0 Å². The first kappa shape index (κ1) is 22.1. The highest BCUT2D eigenvalue weighted by atomic mass is 79.9. The van der Waals surface area contributed by atoms with Crippen LogP contribution in [0.5, 0.6) is 5.75 Å². The molecule has 1 heterocycles. The number of hydrogen-bond acceptors (Lipinski definition) is 5. The van der Waals surface area contributed by atoms with Crippen LogP contribution in [-0.4, -0.2) is 45.5 Å². The second-order valence-electron chi connectivity index (χ2n) is 6.60. The van der Waals surface area contributed by atoms with E-state index in [0.717, 1.165) is 27.2 Å². The molecule has 0 saturated heterocycles. The lowest BCUT2D eigenvalue weighted by Gasteiger charge is -2.17. The number of hydrogen-bond donors (Lipinski definition) is 0. The Bertz CT molecular complexity index is 1000. The summed E-state index contributed by atoms with van der Waals surface area (Å²) in [4.78, 5) is 14.3. The lowest BCUT2D eigenvalue weighted by molar-refractivity contribution is -0.127. The Labute approximate surface area is 189 Å². The van der Waals surface area contributed by atoms with E-state index >= 15 is 0 Å². The van der Waals surface area contributed by atoms with Gasteiger partial charge in [-0.05, 0) is 42.0 Å². The van der Waals surface area contributed by atoms with E-state index in [-0.39, 0.29) is 11.7 Å². The summed E-state index contributed by atoms with van der Waals surface area (Å²) in [6, 6.07) is 15.6. The average molecular weight is 487 g/mol. The number of thioether (sulfide) groups is 1. The molecule has 0 unspecified atom stereocenters. The zero-order valence-electron chi connectivity index (χ0n) is 16.9. The van der Waals surface area contributed by atoms with Crippen molar-refractivity contribution in [3.63, 3.8) is 0 Å². The van der Waals surface area contributed by atoms with Gasteiger partial charge < -0.3 is 9.64 Å². The SMILES string of the molecule is C=CCn1c(SCC(=O)N(C)Cc2ccc(Br)cc2)nnc1-c1ccc(OC)cc1. The smallest absolute Gasteiger partial charge is 0.233 e. The van der Waals surface area contributed by atoms with Crippen molar-refractivity contribution in [1.29, 1.82) is 0 Å². The second kappa shape index (κ2) is 10.4. The van der Waals surface area contributed by atoms with Crippen LogP contribution in [0.3, 0.4) is 0 Å². The average Bonchev–Trinajstić information content (AvgIpc) is 3.16. The molecule has 6 nitrogen and oxygen atoms in total. The number of carbonyl (C=O) groups is 1. The minimum Gasteiger partial charge on any atom is -0.497 e. The fraction of sp³-hybridized carbons (Fsp3) is 0.227. The van der Waals surface area contributed by atoms with Gasteiger partial charge in [0.05, 0.1) is 12.9 Å². The molecule has 0 aliphatic heterocycles. The predicted molar refractivity (Wildman–Crippen MR) is 124 cm³/mol. The predicted octanol–water partition coefficient (Wildman–Crippen LogP) is 4.65. The van der Waals surface area contributed by atoms with Gasteiger partial charge in [-0.3, -0.25) is 9.36 Å². The summed E-state index contributed by atoms with van der Waals surface area (Å²) in [6.45, 7) is 4.94. The van der Waals surface area contributed by atoms with Crippen LogP contribution >= 0.6 is 27.7 Å². The molecule has 0 fully saturated rings. The van der Waals surface area contributed by atoms with E-state index < -0.39 is 0 Å². The highest BCUT2D eigenvalue weighted by Crippen LogP contribution is 2.26. The Hall–Kier alpha value is -2.58. The van der Waals surface area contributed by atoms with Gasteiger partial charge in [-0.2, -0.15) is 0 Å². The molecule has 0 spiro atoms. The van der Waals surface area contributed by atoms with Gasteiger partial charge in [-0.15, -0.1) is 16.8 Å². The van der Waals surface area contributed by atoms with Crippen LogP contribution in [0.1, 0.15) is 5.56 Å². The standard InChI is InChI=1S/C22H23BrN4O2S/c1-4-13-27-21(17-7-11-19(29-3)12-8-17)24-25-22(27)30-15-20(28)26(2)14-16-5-9-18(23)10-6-16/h4-12H,1,13-15H2,2-3H3. The van der Waals surface area contributed by atoms with Crippen molar-refractivity contribution in [2.24, 2.45) is 0 Å². The van der Waals surface area contributed by atoms with Crippen molar-refractivity contribution in [3.05, 3.63) is 71.2 Å². The highest BCUT2D eigenvalue weighted by Gasteiger charge is 2.16. The van der Waals surface area contributed by atoms with E-state index in [2.05, 4.69) is 32.7 Å². The normalized spacial score (nSPS) is 10.6. The third kappa shape index (κ3) is 5.52. The molecule has 1 amide bonds. The van der Waals surface area contributed by atoms with Crippen molar-refractivity contribution in [2.75, 3.05) is 19.9 Å². The summed E-state index contributed by atoms with van der Waals surface area (Å²) in [6.07, 6.45) is 1.79.